The normalized spacial score (nSPS) is 12.0. The van der Waals surface area contributed by atoms with Crippen LogP contribution in [0, 0.1) is 0 Å². The summed E-state index contributed by atoms with van der Waals surface area (Å²) in [5, 5.41) is 8.53. The van der Waals surface area contributed by atoms with E-state index in [-0.39, 0.29) is 0 Å². The molecule has 0 aliphatic rings. The van der Waals surface area contributed by atoms with Crippen LogP contribution in [0.25, 0.3) is 80.9 Å². The van der Waals surface area contributed by atoms with E-state index in [0.29, 0.717) is 5.95 Å². The minimum absolute atomic E-state index is 0.696. The molecule has 0 fully saturated rings. The van der Waals surface area contributed by atoms with Gasteiger partial charge in [-0.15, -0.1) is 11.3 Å². The standard InChI is InChI=1S/C36H21N3S/c1-2-12-22(13-3-1)32-27-18-8-10-20-29(27)37-36(38-32)39-33-26-17-7-5-15-24(26)23-14-4-6-16-25(23)31(33)35-34(39)28-19-9-11-21-30(28)40-35/h1-21H. The number of hydrogen-bond donors (Lipinski definition) is 0. The van der Waals surface area contributed by atoms with E-state index in [9.17, 15) is 0 Å². The highest BCUT2D eigenvalue weighted by Gasteiger charge is 2.24. The summed E-state index contributed by atoms with van der Waals surface area (Å²) in [6.07, 6.45) is 0. The number of hydrogen-bond acceptors (Lipinski definition) is 3. The predicted molar refractivity (Wildman–Crippen MR) is 170 cm³/mol. The van der Waals surface area contributed by atoms with Crippen LogP contribution in [-0.4, -0.2) is 14.5 Å². The van der Waals surface area contributed by atoms with Gasteiger partial charge in [0.2, 0.25) is 5.95 Å². The summed E-state index contributed by atoms with van der Waals surface area (Å²) in [5.74, 6) is 0.696. The molecule has 0 unspecified atom stereocenters. The first-order chi connectivity index (χ1) is 19.9. The molecule has 0 aliphatic carbocycles. The van der Waals surface area contributed by atoms with E-state index in [1.54, 1.807) is 0 Å². The van der Waals surface area contributed by atoms with Gasteiger partial charge in [-0.05, 0) is 28.3 Å². The topological polar surface area (TPSA) is 30.7 Å². The fraction of sp³-hybridized carbons (Fsp3) is 0. The molecule has 0 spiro atoms. The van der Waals surface area contributed by atoms with Gasteiger partial charge in [-0.3, -0.25) is 4.57 Å². The summed E-state index contributed by atoms with van der Waals surface area (Å²) < 4.78 is 4.87. The maximum Gasteiger partial charge on any atom is 0.235 e. The van der Waals surface area contributed by atoms with Crippen LogP contribution in [0.2, 0.25) is 0 Å². The van der Waals surface area contributed by atoms with Crippen LogP contribution in [0.15, 0.2) is 127 Å². The summed E-state index contributed by atoms with van der Waals surface area (Å²) >= 11 is 1.86. The SMILES string of the molecule is c1ccc(-c2nc(-n3c4c5ccccc5sc4c4c5ccccc5c5ccccc5c43)nc3ccccc23)cc1. The third-order valence-electron chi connectivity index (χ3n) is 7.99. The van der Waals surface area contributed by atoms with E-state index in [4.69, 9.17) is 9.97 Å². The van der Waals surface area contributed by atoms with E-state index in [0.717, 1.165) is 27.7 Å². The minimum Gasteiger partial charge on any atom is -0.276 e. The Morgan fingerprint density at radius 1 is 0.475 bits per heavy atom. The molecule has 0 radical (unpaired) electrons. The van der Waals surface area contributed by atoms with Crippen LogP contribution < -0.4 is 0 Å². The second-order valence-electron chi connectivity index (χ2n) is 10.2. The molecule has 0 N–H and O–H groups in total. The van der Waals surface area contributed by atoms with Crippen LogP contribution in [0.4, 0.5) is 0 Å². The van der Waals surface area contributed by atoms with Gasteiger partial charge in [0.25, 0.3) is 0 Å². The highest BCUT2D eigenvalue weighted by atomic mass is 32.1. The third kappa shape index (κ3) is 2.94. The van der Waals surface area contributed by atoms with Crippen molar-refractivity contribution in [3.63, 3.8) is 0 Å². The maximum atomic E-state index is 5.34. The van der Waals surface area contributed by atoms with Gasteiger partial charge < -0.3 is 0 Å². The van der Waals surface area contributed by atoms with Crippen molar-refractivity contribution < 1.29 is 0 Å². The molecule has 3 nitrogen and oxygen atoms in total. The first-order valence-electron chi connectivity index (χ1n) is 13.4. The van der Waals surface area contributed by atoms with Gasteiger partial charge in [0.15, 0.2) is 0 Å². The van der Waals surface area contributed by atoms with Crippen molar-refractivity contribution in [2.75, 3.05) is 0 Å². The summed E-state index contributed by atoms with van der Waals surface area (Å²) in [7, 11) is 0. The maximum absolute atomic E-state index is 5.34. The Balaban J connectivity index is 1.56. The molecule has 186 valence electrons. The number of benzene rings is 6. The van der Waals surface area contributed by atoms with E-state index < -0.39 is 0 Å². The fourth-order valence-corrected chi connectivity index (χ4v) is 7.55. The second kappa shape index (κ2) is 8.22. The first kappa shape index (κ1) is 21.8. The summed E-state index contributed by atoms with van der Waals surface area (Å²) in [6, 6.07) is 45.0. The van der Waals surface area contributed by atoms with Gasteiger partial charge in [0.1, 0.15) is 0 Å². The van der Waals surface area contributed by atoms with Crippen molar-refractivity contribution >= 4 is 75.0 Å². The summed E-state index contributed by atoms with van der Waals surface area (Å²) in [5.41, 5.74) is 5.30. The number of fused-ring (bicyclic) bond motifs is 11. The molecule has 6 aromatic carbocycles. The van der Waals surface area contributed by atoms with Gasteiger partial charge in [-0.25, -0.2) is 9.97 Å². The van der Waals surface area contributed by atoms with E-state index >= 15 is 0 Å². The van der Waals surface area contributed by atoms with Crippen LogP contribution in [0.1, 0.15) is 0 Å². The predicted octanol–water partition coefficient (Wildman–Crippen LogP) is 9.91. The Morgan fingerprint density at radius 2 is 1.07 bits per heavy atom. The number of nitrogens with zero attached hydrogens (tertiary/aromatic N) is 3. The lowest BCUT2D eigenvalue weighted by Gasteiger charge is -2.14. The zero-order valence-electron chi connectivity index (χ0n) is 21.4. The molecule has 3 aromatic heterocycles. The number of rotatable bonds is 2. The largest absolute Gasteiger partial charge is 0.276 e. The van der Waals surface area contributed by atoms with Crippen molar-refractivity contribution in [3.8, 4) is 17.2 Å². The highest BCUT2D eigenvalue weighted by molar-refractivity contribution is 7.26. The minimum atomic E-state index is 0.696. The van der Waals surface area contributed by atoms with Crippen molar-refractivity contribution in [2.24, 2.45) is 0 Å². The fourth-order valence-electron chi connectivity index (χ4n) is 6.30. The van der Waals surface area contributed by atoms with Crippen molar-refractivity contribution in [3.05, 3.63) is 127 Å². The van der Waals surface area contributed by atoms with Crippen LogP contribution in [0.3, 0.4) is 0 Å². The van der Waals surface area contributed by atoms with Crippen LogP contribution in [-0.2, 0) is 0 Å². The van der Waals surface area contributed by atoms with Gasteiger partial charge >= 0.3 is 0 Å². The van der Waals surface area contributed by atoms with Gasteiger partial charge in [-0.1, -0.05) is 115 Å². The molecule has 0 aliphatic heterocycles. The lowest BCUT2D eigenvalue weighted by atomic mass is 9.98. The molecule has 4 heteroatoms. The third-order valence-corrected chi connectivity index (χ3v) is 9.17. The molecular formula is C36H21N3S. The Labute approximate surface area is 233 Å². The molecule has 0 saturated carbocycles. The van der Waals surface area contributed by atoms with Crippen molar-refractivity contribution in [1.82, 2.24) is 14.5 Å². The molecule has 0 atom stereocenters. The lowest BCUT2D eigenvalue weighted by Crippen LogP contribution is -2.04. The van der Waals surface area contributed by atoms with E-state index in [1.165, 1.54) is 47.2 Å². The molecule has 40 heavy (non-hydrogen) atoms. The highest BCUT2D eigenvalue weighted by Crippen LogP contribution is 2.47. The van der Waals surface area contributed by atoms with Crippen LogP contribution in [0.5, 0.6) is 0 Å². The lowest BCUT2D eigenvalue weighted by molar-refractivity contribution is 1.02. The number of thiophene rings is 1. The molecule has 9 aromatic rings. The van der Waals surface area contributed by atoms with E-state index in [1.807, 2.05) is 17.4 Å². The molecule has 0 bridgehead atoms. The van der Waals surface area contributed by atoms with Gasteiger partial charge in [0, 0.05) is 31.8 Å². The van der Waals surface area contributed by atoms with Crippen molar-refractivity contribution in [1.29, 1.82) is 0 Å². The van der Waals surface area contributed by atoms with Gasteiger partial charge in [-0.2, -0.15) is 0 Å². The molecule has 0 saturated heterocycles. The molecule has 9 rings (SSSR count). The summed E-state index contributed by atoms with van der Waals surface area (Å²) in [4.78, 5) is 10.6. The smallest absolute Gasteiger partial charge is 0.235 e. The summed E-state index contributed by atoms with van der Waals surface area (Å²) in [6.45, 7) is 0. The zero-order chi connectivity index (χ0) is 26.2. The Kier molecular flexibility index (Phi) is 4.48. The van der Waals surface area contributed by atoms with Gasteiger partial charge in [0.05, 0.1) is 26.9 Å². The molecule has 3 heterocycles. The Morgan fingerprint density at radius 3 is 1.88 bits per heavy atom. The number of para-hydroxylation sites is 1. The van der Waals surface area contributed by atoms with E-state index in [2.05, 4.69) is 126 Å². The first-order valence-corrected chi connectivity index (χ1v) is 14.3. The molecule has 0 amide bonds. The zero-order valence-corrected chi connectivity index (χ0v) is 22.2. The monoisotopic (exact) mass is 527 g/mol. The average molecular weight is 528 g/mol. The van der Waals surface area contributed by atoms with Crippen molar-refractivity contribution in [2.45, 2.75) is 0 Å². The average Bonchev–Trinajstić information content (AvgIpc) is 3.56. The second-order valence-corrected chi connectivity index (χ2v) is 11.2. The Bertz CT molecular complexity index is 2430. The number of aromatic nitrogens is 3. The quantitative estimate of drug-likeness (QED) is 0.209. The van der Waals surface area contributed by atoms with Crippen LogP contribution >= 0.6 is 11.3 Å². The Hall–Kier alpha value is -5.06. The molecular weight excluding hydrogens is 506 g/mol.